The van der Waals surface area contributed by atoms with Crippen LogP contribution in [0.2, 0.25) is 0 Å². The molecule has 0 fully saturated rings. The van der Waals surface area contributed by atoms with Crippen LogP contribution in [0.1, 0.15) is 5.56 Å². The van der Waals surface area contributed by atoms with Crippen molar-refractivity contribution in [3.05, 3.63) is 90.0 Å². The molecule has 0 atom stereocenters. The number of hydrogen-bond donors (Lipinski definition) is 1. The Labute approximate surface area is 143 Å². The predicted octanol–water partition coefficient (Wildman–Crippen LogP) is 4.92. The molecule has 1 N–H and O–H groups in total. The van der Waals surface area contributed by atoms with Crippen LogP contribution in [0.15, 0.2) is 72.8 Å². The number of aromatic nitrogens is 2. The van der Waals surface area contributed by atoms with Gasteiger partial charge in [0, 0.05) is 12.6 Å². The highest BCUT2D eigenvalue weighted by Crippen LogP contribution is 2.27. The van der Waals surface area contributed by atoms with E-state index in [9.17, 15) is 8.78 Å². The molecule has 5 heteroatoms. The van der Waals surface area contributed by atoms with Crippen LogP contribution in [0.25, 0.3) is 16.7 Å². The lowest BCUT2D eigenvalue weighted by atomic mass is 10.2. The van der Waals surface area contributed by atoms with E-state index in [4.69, 9.17) is 0 Å². The van der Waals surface area contributed by atoms with Crippen molar-refractivity contribution in [2.45, 2.75) is 6.54 Å². The van der Waals surface area contributed by atoms with Crippen LogP contribution in [-0.2, 0) is 6.54 Å². The molecule has 0 radical (unpaired) electrons. The zero-order valence-electron chi connectivity index (χ0n) is 13.3. The number of rotatable bonds is 4. The molecule has 3 aromatic carbocycles. The van der Waals surface area contributed by atoms with E-state index in [2.05, 4.69) is 10.3 Å². The summed E-state index contributed by atoms with van der Waals surface area (Å²) in [6.07, 6.45) is 0. The highest BCUT2D eigenvalue weighted by Gasteiger charge is 2.15. The number of fused-ring (bicyclic) bond motifs is 1. The molecule has 0 aliphatic rings. The third-order valence-corrected chi connectivity index (χ3v) is 4.00. The summed E-state index contributed by atoms with van der Waals surface area (Å²) in [5.74, 6) is -0.731. The first-order chi connectivity index (χ1) is 12.2. The third-order valence-electron chi connectivity index (χ3n) is 4.00. The number of benzene rings is 3. The summed E-state index contributed by atoms with van der Waals surface area (Å²) in [4.78, 5) is 4.56. The molecule has 3 nitrogen and oxygen atoms in total. The Hall–Kier alpha value is -3.21. The molecular formula is C20H15F2N3. The molecule has 124 valence electrons. The SMILES string of the molecule is Fc1ccc(-n2c(NCc3ccccc3)nc3ccccc32)c(F)c1. The highest BCUT2D eigenvalue weighted by atomic mass is 19.1. The molecule has 1 aromatic heterocycles. The summed E-state index contributed by atoms with van der Waals surface area (Å²) in [5.41, 5.74) is 2.83. The van der Waals surface area contributed by atoms with E-state index in [-0.39, 0.29) is 5.69 Å². The van der Waals surface area contributed by atoms with Gasteiger partial charge in [0.1, 0.15) is 11.6 Å². The van der Waals surface area contributed by atoms with Gasteiger partial charge in [0.15, 0.2) is 0 Å². The number of para-hydroxylation sites is 2. The van der Waals surface area contributed by atoms with E-state index in [1.807, 2.05) is 54.6 Å². The Balaban J connectivity index is 1.81. The molecule has 0 saturated carbocycles. The second-order valence-electron chi connectivity index (χ2n) is 5.69. The minimum absolute atomic E-state index is 0.255. The lowest BCUT2D eigenvalue weighted by molar-refractivity contribution is 0.578. The Morgan fingerprint density at radius 2 is 1.64 bits per heavy atom. The van der Waals surface area contributed by atoms with Gasteiger partial charge in [0.05, 0.1) is 16.7 Å². The van der Waals surface area contributed by atoms with E-state index in [0.717, 1.165) is 22.7 Å². The molecule has 4 rings (SSSR count). The number of hydrogen-bond acceptors (Lipinski definition) is 2. The van der Waals surface area contributed by atoms with Gasteiger partial charge in [-0.15, -0.1) is 0 Å². The monoisotopic (exact) mass is 335 g/mol. The van der Waals surface area contributed by atoms with Crippen molar-refractivity contribution in [1.82, 2.24) is 9.55 Å². The molecule has 25 heavy (non-hydrogen) atoms. The second kappa shape index (κ2) is 6.36. The standard InChI is InChI=1S/C20H15F2N3/c21-15-10-11-18(16(22)12-15)25-19-9-5-4-8-17(19)24-20(25)23-13-14-6-2-1-3-7-14/h1-12H,13H2,(H,23,24). The first-order valence-corrected chi connectivity index (χ1v) is 7.93. The predicted molar refractivity (Wildman–Crippen MR) is 94.8 cm³/mol. The average Bonchev–Trinajstić information content (AvgIpc) is 2.99. The van der Waals surface area contributed by atoms with Crippen molar-refractivity contribution in [1.29, 1.82) is 0 Å². The molecule has 0 bridgehead atoms. The largest absolute Gasteiger partial charge is 0.351 e. The van der Waals surface area contributed by atoms with Gasteiger partial charge < -0.3 is 5.32 Å². The van der Waals surface area contributed by atoms with Gasteiger partial charge in [-0.1, -0.05) is 42.5 Å². The van der Waals surface area contributed by atoms with Crippen molar-refractivity contribution in [3.63, 3.8) is 0 Å². The fourth-order valence-corrected chi connectivity index (χ4v) is 2.83. The molecule has 4 aromatic rings. The molecule has 0 aliphatic heterocycles. The van der Waals surface area contributed by atoms with Gasteiger partial charge in [-0.05, 0) is 29.8 Å². The molecular weight excluding hydrogens is 320 g/mol. The molecule has 0 unspecified atom stereocenters. The first-order valence-electron chi connectivity index (χ1n) is 7.93. The van der Waals surface area contributed by atoms with E-state index in [1.165, 1.54) is 12.1 Å². The van der Waals surface area contributed by atoms with E-state index in [0.29, 0.717) is 12.5 Å². The quantitative estimate of drug-likeness (QED) is 0.574. The summed E-state index contributed by atoms with van der Waals surface area (Å²) < 4.78 is 29.3. The Bertz CT molecular complexity index is 1030. The highest BCUT2D eigenvalue weighted by molar-refractivity contribution is 5.81. The Kier molecular flexibility index (Phi) is 3.90. The fourth-order valence-electron chi connectivity index (χ4n) is 2.83. The topological polar surface area (TPSA) is 29.9 Å². The zero-order valence-corrected chi connectivity index (χ0v) is 13.3. The summed E-state index contributed by atoms with van der Waals surface area (Å²) in [5, 5.41) is 3.25. The number of halogens is 2. The van der Waals surface area contributed by atoms with Gasteiger partial charge >= 0.3 is 0 Å². The van der Waals surface area contributed by atoms with Gasteiger partial charge in [-0.3, -0.25) is 4.57 Å². The third kappa shape index (κ3) is 2.96. The Morgan fingerprint density at radius 1 is 0.880 bits per heavy atom. The molecule has 1 heterocycles. The molecule has 0 saturated heterocycles. The van der Waals surface area contributed by atoms with Crippen LogP contribution in [0.4, 0.5) is 14.7 Å². The lowest BCUT2D eigenvalue weighted by Gasteiger charge is -2.12. The van der Waals surface area contributed by atoms with Crippen LogP contribution < -0.4 is 5.32 Å². The molecule has 0 amide bonds. The maximum absolute atomic E-state index is 14.4. The first kappa shape index (κ1) is 15.3. The number of anilines is 1. The minimum Gasteiger partial charge on any atom is -0.351 e. The lowest BCUT2D eigenvalue weighted by Crippen LogP contribution is -2.07. The van der Waals surface area contributed by atoms with Crippen LogP contribution in [0.5, 0.6) is 0 Å². The van der Waals surface area contributed by atoms with Gasteiger partial charge in [-0.2, -0.15) is 0 Å². The molecule has 0 spiro atoms. The van der Waals surface area contributed by atoms with Crippen molar-refractivity contribution in [3.8, 4) is 5.69 Å². The van der Waals surface area contributed by atoms with Crippen molar-refractivity contribution in [2.75, 3.05) is 5.32 Å². The molecule has 0 aliphatic carbocycles. The normalized spacial score (nSPS) is 11.0. The van der Waals surface area contributed by atoms with Crippen LogP contribution >= 0.6 is 0 Å². The summed E-state index contributed by atoms with van der Waals surface area (Å²) in [6.45, 7) is 0.549. The smallest absolute Gasteiger partial charge is 0.208 e. The summed E-state index contributed by atoms with van der Waals surface area (Å²) in [7, 11) is 0. The van der Waals surface area contributed by atoms with Crippen LogP contribution in [0.3, 0.4) is 0 Å². The zero-order chi connectivity index (χ0) is 17.2. The van der Waals surface area contributed by atoms with E-state index >= 15 is 0 Å². The van der Waals surface area contributed by atoms with Gasteiger partial charge in [0.2, 0.25) is 5.95 Å². The van der Waals surface area contributed by atoms with E-state index < -0.39 is 11.6 Å². The van der Waals surface area contributed by atoms with Crippen molar-refractivity contribution >= 4 is 17.0 Å². The van der Waals surface area contributed by atoms with Crippen molar-refractivity contribution < 1.29 is 8.78 Å². The van der Waals surface area contributed by atoms with Gasteiger partial charge in [0.25, 0.3) is 0 Å². The number of nitrogens with zero attached hydrogens (tertiary/aromatic N) is 2. The second-order valence-corrected chi connectivity index (χ2v) is 5.69. The van der Waals surface area contributed by atoms with Crippen LogP contribution in [0, 0.1) is 11.6 Å². The average molecular weight is 335 g/mol. The summed E-state index contributed by atoms with van der Waals surface area (Å²) >= 11 is 0. The number of imidazole rings is 1. The maximum Gasteiger partial charge on any atom is 0.208 e. The minimum atomic E-state index is -0.633. The summed E-state index contributed by atoms with van der Waals surface area (Å²) in [6, 6.07) is 20.9. The van der Waals surface area contributed by atoms with E-state index in [1.54, 1.807) is 4.57 Å². The Morgan fingerprint density at radius 3 is 2.44 bits per heavy atom. The van der Waals surface area contributed by atoms with Gasteiger partial charge in [-0.25, -0.2) is 13.8 Å². The van der Waals surface area contributed by atoms with Crippen LogP contribution in [-0.4, -0.2) is 9.55 Å². The maximum atomic E-state index is 14.4. The fraction of sp³-hybridized carbons (Fsp3) is 0.0500. The van der Waals surface area contributed by atoms with Crippen molar-refractivity contribution in [2.24, 2.45) is 0 Å². The number of nitrogens with one attached hydrogen (secondary N) is 1.